The van der Waals surface area contributed by atoms with Crippen molar-refractivity contribution in [2.45, 2.75) is 11.4 Å². The van der Waals surface area contributed by atoms with Crippen molar-refractivity contribution < 1.29 is 23.0 Å². The Balaban J connectivity index is 1.55. The average molecular weight is 518 g/mol. The fraction of sp³-hybridized carbons (Fsp3) is 0.111. The van der Waals surface area contributed by atoms with Crippen LogP contribution in [0.2, 0.25) is 0 Å². The smallest absolute Gasteiger partial charge is 0.262 e. The monoisotopic (exact) mass is 517 g/mol. The van der Waals surface area contributed by atoms with E-state index in [4.69, 9.17) is 9.47 Å². The number of ether oxygens (including phenoxy) is 2. The molecule has 0 fully saturated rings. The van der Waals surface area contributed by atoms with Crippen LogP contribution < -0.4 is 14.2 Å². The van der Waals surface area contributed by atoms with E-state index in [9.17, 15) is 18.4 Å². The van der Waals surface area contributed by atoms with Crippen LogP contribution in [-0.2, 0) is 16.6 Å². The largest absolute Gasteiger partial charge is 0.497 e. The van der Waals surface area contributed by atoms with Crippen molar-refractivity contribution in [1.82, 2.24) is 4.57 Å². The van der Waals surface area contributed by atoms with Gasteiger partial charge in [0.1, 0.15) is 11.5 Å². The number of nitrogens with zero attached hydrogens (tertiary/aromatic N) is 2. The number of aromatic hydroxyl groups is 1. The third kappa shape index (κ3) is 4.43. The summed E-state index contributed by atoms with van der Waals surface area (Å²) < 4.78 is 41.3. The van der Waals surface area contributed by atoms with E-state index >= 15 is 0 Å². The number of nitrogens with one attached hydrogen (secondary N) is 1. The summed E-state index contributed by atoms with van der Waals surface area (Å²) in [4.78, 5) is 11.8. The second-order valence-corrected chi connectivity index (χ2v) is 10.0. The summed E-state index contributed by atoms with van der Waals surface area (Å²) in [6, 6.07) is 22.2. The number of benzene rings is 4. The van der Waals surface area contributed by atoms with Crippen molar-refractivity contribution in [3.63, 3.8) is 0 Å². The van der Waals surface area contributed by atoms with Gasteiger partial charge in [-0.25, -0.2) is 8.42 Å². The third-order valence-electron chi connectivity index (χ3n) is 6.14. The molecule has 0 aliphatic carbocycles. The Labute approximate surface area is 212 Å². The number of fused-ring (bicyclic) bond motifs is 2. The molecule has 0 atom stereocenters. The van der Waals surface area contributed by atoms with Gasteiger partial charge in [-0.2, -0.15) is 0 Å². The highest BCUT2D eigenvalue weighted by atomic mass is 32.2. The number of aromatic nitrogens is 1. The quantitative estimate of drug-likeness (QED) is 0.252. The minimum Gasteiger partial charge on any atom is -0.497 e. The number of anilines is 1. The number of hydrogen-bond acceptors (Lipinski definition) is 7. The summed E-state index contributed by atoms with van der Waals surface area (Å²) in [6.45, 7) is 0.187. The zero-order valence-corrected chi connectivity index (χ0v) is 20.8. The average Bonchev–Trinajstić information content (AvgIpc) is 3.17. The normalized spacial score (nSPS) is 11.5. The van der Waals surface area contributed by atoms with Crippen LogP contribution in [0.25, 0.3) is 21.7 Å². The molecule has 188 valence electrons. The molecule has 4 aromatic carbocycles. The first-order valence-corrected chi connectivity index (χ1v) is 12.7. The lowest BCUT2D eigenvalue weighted by atomic mass is 10.1. The highest BCUT2D eigenvalue weighted by Crippen LogP contribution is 2.41. The maximum absolute atomic E-state index is 13.3. The zero-order valence-electron chi connectivity index (χ0n) is 20.0. The summed E-state index contributed by atoms with van der Waals surface area (Å²) >= 11 is 0. The van der Waals surface area contributed by atoms with Gasteiger partial charge >= 0.3 is 0 Å². The maximum Gasteiger partial charge on any atom is 0.262 e. The van der Waals surface area contributed by atoms with E-state index in [1.165, 1.54) is 30.9 Å². The number of hydrogen-bond donors (Lipinski definition) is 2. The Morgan fingerprint density at radius 3 is 2.30 bits per heavy atom. The van der Waals surface area contributed by atoms with E-state index in [-0.39, 0.29) is 28.7 Å². The van der Waals surface area contributed by atoms with Crippen molar-refractivity contribution in [3.05, 3.63) is 89.3 Å². The Morgan fingerprint density at radius 2 is 1.59 bits per heavy atom. The summed E-state index contributed by atoms with van der Waals surface area (Å²) in [5.41, 5.74) is 1.30. The van der Waals surface area contributed by atoms with Crippen molar-refractivity contribution in [3.8, 4) is 17.4 Å². The van der Waals surface area contributed by atoms with Crippen LogP contribution in [0.1, 0.15) is 5.56 Å². The van der Waals surface area contributed by atoms with E-state index < -0.39 is 10.0 Å². The molecule has 0 unspecified atom stereocenters. The molecule has 1 heterocycles. The van der Waals surface area contributed by atoms with Crippen LogP contribution in [0.3, 0.4) is 0 Å². The molecule has 0 spiro atoms. The summed E-state index contributed by atoms with van der Waals surface area (Å²) in [7, 11) is -0.875. The molecule has 0 aliphatic heterocycles. The van der Waals surface area contributed by atoms with Crippen LogP contribution in [0, 0.1) is 4.91 Å². The first-order valence-electron chi connectivity index (χ1n) is 11.3. The lowest BCUT2D eigenvalue weighted by Crippen LogP contribution is -2.13. The molecule has 0 bridgehead atoms. The number of rotatable bonds is 8. The molecule has 2 N–H and O–H groups in total. The van der Waals surface area contributed by atoms with Gasteiger partial charge in [0.25, 0.3) is 10.0 Å². The Morgan fingerprint density at radius 1 is 0.892 bits per heavy atom. The van der Waals surface area contributed by atoms with Gasteiger partial charge in [0.2, 0.25) is 5.88 Å². The molecule has 0 radical (unpaired) electrons. The Bertz CT molecular complexity index is 1730. The molecular weight excluding hydrogens is 494 g/mol. The second-order valence-electron chi connectivity index (χ2n) is 8.39. The fourth-order valence-electron chi connectivity index (χ4n) is 4.42. The van der Waals surface area contributed by atoms with Crippen molar-refractivity contribution >= 4 is 43.1 Å². The van der Waals surface area contributed by atoms with E-state index in [0.717, 1.165) is 10.9 Å². The Hall–Kier alpha value is -4.57. The van der Waals surface area contributed by atoms with Crippen LogP contribution in [0.4, 0.5) is 11.4 Å². The number of nitroso groups, excluding NO2 is 1. The van der Waals surface area contributed by atoms with Crippen molar-refractivity contribution in [2.24, 2.45) is 5.18 Å². The van der Waals surface area contributed by atoms with Gasteiger partial charge in [-0.3, -0.25) is 4.72 Å². The molecule has 5 aromatic rings. The topological polar surface area (TPSA) is 119 Å². The fourth-order valence-corrected chi connectivity index (χ4v) is 5.70. The molecule has 1 aromatic heterocycles. The zero-order chi connectivity index (χ0) is 26.2. The minimum absolute atomic E-state index is 0.131. The number of methoxy groups -OCH3 is 2. The third-order valence-corrected chi connectivity index (χ3v) is 7.58. The van der Waals surface area contributed by atoms with E-state index in [0.29, 0.717) is 27.8 Å². The SMILES string of the molecule is COc1cc(Cn2c(O)c(N=O)c3cc(NS(=O)(=O)c4cccc5ccccc45)ccc32)cc(OC)c1. The summed E-state index contributed by atoms with van der Waals surface area (Å²) in [5.74, 6) is 0.814. The van der Waals surface area contributed by atoms with E-state index in [1.54, 1.807) is 48.5 Å². The van der Waals surface area contributed by atoms with Crippen molar-refractivity contribution in [1.29, 1.82) is 0 Å². The van der Waals surface area contributed by atoms with Gasteiger partial charge < -0.3 is 19.1 Å². The molecule has 0 saturated heterocycles. The van der Waals surface area contributed by atoms with Gasteiger partial charge in [-0.15, -0.1) is 4.91 Å². The molecule has 0 saturated carbocycles. The van der Waals surface area contributed by atoms with Gasteiger partial charge in [0.05, 0.1) is 31.2 Å². The lowest BCUT2D eigenvalue weighted by Gasteiger charge is -2.12. The van der Waals surface area contributed by atoms with Gasteiger partial charge in [0.15, 0.2) is 5.69 Å². The van der Waals surface area contributed by atoms with Crippen molar-refractivity contribution in [2.75, 3.05) is 18.9 Å². The standard InChI is InChI=1S/C27H23N3O6S/c1-35-20-12-17(13-21(15-20)36-2)16-30-24-11-10-19(14-23(24)26(28-32)27(30)31)29-37(33,34)25-9-5-7-18-6-3-4-8-22(18)25/h3-15,29,31H,16H2,1-2H3. The second kappa shape index (κ2) is 9.47. The molecule has 0 amide bonds. The van der Waals surface area contributed by atoms with E-state index in [2.05, 4.69) is 9.90 Å². The number of sulfonamides is 1. The molecule has 5 rings (SSSR count). The summed E-state index contributed by atoms with van der Waals surface area (Å²) in [5, 5.41) is 15.5. The van der Waals surface area contributed by atoms with Crippen LogP contribution in [0.15, 0.2) is 88.9 Å². The predicted molar refractivity (Wildman–Crippen MR) is 142 cm³/mol. The predicted octanol–water partition coefficient (Wildman–Crippen LogP) is 5.76. The van der Waals surface area contributed by atoms with Gasteiger partial charge in [0, 0.05) is 22.5 Å². The highest BCUT2D eigenvalue weighted by Gasteiger charge is 2.21. The highest BCUT2D eigenvalue weighted by molar-refractivity contribution is 7.93. The van der Waals surface area contributed by atoms with Gasteiger partial charge in [-0.1, -0.05) is 36.4 Å². The molecule has 37 heavy (non-hydrogen) atoms. The molecular formula is C27H23N3O6S. The first kappa shape index (κ1) is 24.1. The molecule has 10 heteroatoms. The summed E-state index contributed by atoms with van der Waals surface area (Å²) in [6.07, 6.45) is 0. The lowest BCUT2D eigenvalue weighted by molar-refractivity contribution is 0.392. The Kier molecular flexibility index (Phi) is 6.18. The molecule has 9 nitrogen and oxygen atoms in total. The van der Waals surface area contributed by atoms with Crippen LogP contribution >= 0.6 is 0 Å². The molecule has 0 aliphatic rings. The van der Waals surface area contributed by atoms with E-state index in [1.807, 2.05) is 18.2 Å². The van der Waals surface area contributed by atoms with Crippen LogP contribution in [-0.4, -0.2) is 32.3 Å². The maximum atomic E-state index is 13.3. The van der Waals surface area contributed by atoms with Crippen LogP contribution in [0.5, 0.6) is 17.4 Å². The minimum atomic E-state index is -3.95. The van der Waals surface area contributed by atoms with Gasteiger partial charge in [-0.05, 0) is 52.5 Å². The first-order chi connectivity index (χ1) is 17.8.